The third-order valence-electron chi connectivity index (χ3n) is 2.61. The molecule has 1 aliphatic heterocycles. The Labute approximate surface area is 109 Å². The van der Waals surface area contributed by atoms with Gasteiger partial charge in [-0.1, -0.05) is 20.8 Å². The molecule has 1 heterocycles. The Hall–Kier alpha value is -0.680. The largest absolute Gasteiger partial charge is 0.372 e. The van der Waals surface area contributed by atoms with E-state index in [4.69, 9.17) is 17.0 Å². The normalized spacial score (nSPS) is 25.6. The second-order valence-corrected chi connectivity index (χ2v) is 6.06. The predicted octanol–water partition coefficient (Wildman–Crippen LogP) is 1.54. The molecule has 1 aliphatic rings. The zero-order chi connectivity index (χ0) is 13.2. The average molecular weight is 258 g/mol. The lowest BCUT2D eigenvalue weighted by Crippen LogP contribution is -2.54. The number of nitrogens with zero attached hydrogens (tertiary/aromatic N) is 1. The number of amides is 1. The van der Waals surface area contributed by atoms with E-state index in [1.54, 1.807) is 0 Å². The zero-order valence-electron chi connectivity index (χ0n) is 11.2. The van der Waals surface area contributed by atoms with Crippen LogP contribution in [0.2, 0.25) is 0 Å². The number of hydrogen-bond donors (Lipinski definition) is 1. The van der Waals surface area contributed by atoms with Crippen molar-refractivity contribution in [3.8, 4) is 0 Å². The first-order valence-electron chi connectivity index (χ1n) is 5.96. The van der Waals surface area contributed by atoms with Crippen LogP contribution >= 0.6 is 12.2 Å². The third-order valence-corrected chi connectivity index (χ3v) is 2.97. The van der Waals surface area contributed by atoms with Crippen LogP contribution in [-0.2, 0) is 9.53 Å². The lowest BCUT2D eigenvalue weighted by atomic mass is 9.96. The summed E-state index contributed by atoms with van der Waals surface area (Å²) in [5.41, 5.74) is -0.423. The zero-order valence-corrected chi connectivity index (χ0v) is 12.1. The number of morpholine rings is 1. The number of nitrogens with one attached hydrogen (secondary N) is 1. The van der Waals surface area contributed by atoms with Crippen molar-refractivity contribution in [1.29, 1.82) is 0 Å². The highest BCUT2D eigenvalue weighted by Crippen LogP contribution is 2.14. The molecule has 0 aromatic rings. The van der Waals surface area contributed by atoms with E-state index in [1.165, 1.54) is 0 Å². The van der Waals surface area contributed by atoms with Gasteiger partial charge in [0.25, 0.3) is 0 Å². The lowest BCUT2D eigenvalue weighted by molar-refractivity contribution is -0.127. The summed E-state index contributed by atoms with van der Waals surface area (Å²) < 4.78 is 5.62. The first-order chi connectivity index (χ1) is 7.70. The number of carbonyl (C=O) groups excluding carboxylic acids is 1. The van der Waals surface area contributed by atoms with Gasteiger partial charge in [-0.3, -0.25) is 4.79 Å². The van der Waals surface area contributed by atoms with Crippen LogP contribution < -0.4 is 5.32 Å². The maximum atomic E-state index is 11.8. The summed E-state index contributed by atoms with van der Waals surface area (Å²) >= 11 is 5.26. The molecule has 5 heteroatoms. The van der Waals surface area contributed by atoms with Gasteiger partial charge < -0.3 is 15.0 Å². The molecule has 0 aliphatic carbocycles. The summed E-state index contributed by atoms with van der Waals surface area (Å²) in [6, 6.07) is 0. The molecule has 1 fully saturated rings. The minimum atomic E-state index is -0.423. The molecular formula is C12H22N2O2S. The van der Waals surface area contributed by atoms with Crippen molar-refractivity contribution in [2.45, 2.75) is 46.8 Å². The van der Waals surface area contributed by atoms with Crippen molar-refractivity contribution < 1.29 is 9.53 Å². The van der Waals surface area contributed by atoms with Gasteiger partial charge in [0.1, 0.15) is 0 Å². The molecule has 1 amide bonds. The van der Waals surface area contributed by atoms with Gasteiger partial charge in [-0.2, -0.15) is 0 Å². The monoisotopic (exact) mass is 258 g/mol. The maximum Gasteiger partial charge on any atom is 0.231 e. The summed E-state index contributed by atoms with van der Waals surface area (Å²) in [6.07, 6.45) is 0.284. The van der Waals surface area contributed by atoms with Gasteiger partial charge in [0, 0.05) is 18.5 Å². The third kappa shape index (κ3) is 4.24. The first kappa shape index (κ1) is 14.4. The summed E-state index contributed by atoms with van der Waals surface area (Å²) in [4.78, 5) is 13.8. The van der Waals surface area contributed by atoms with Crippen molar-refractivity contribution in [1.82, 2.24) is 10.2 Å². The Morgan fingerprint density at radius 2 is 1.76 bits per heavy atom. The Morgan fingerprint density at radius 3 is 2.18 bits per heavy atom. The minimum absolute atomic E-state index is 0.0469. The van der Waals surface area contributed by atoms with E-state index in [9.17, 15) is 4.79 Å². The molecule has 98 valence electrons. The fourth-order valence-corrected chi connectivity index (χ4v) is 1.95. The molecule has 2 atom stereocenters. The lowest BCUT2D eigenvalue weighted by Gasteiger charge is -2.37. The Morgan fingerprint density at radius 1 is 1.29 bits per heavy atom. The minimum Gasteiger partial charge on any atom is -0.372 e. The second kappa shape index (κ2) is 5.31. The molecule has 0 radical (unpaired) electrons. The molecule has 1 N–H and O–H groups in total. The van der Waals surface area contributed by atoms with Crippen LogP contribution in [0.3, 0.4) is 0 Å². The standard InChI is InChI=1S/C12H22N2O2S/c1-8-6-14(7-9(2)16-8)11(17)13-10(15)12(3,4)5/h8-9H,6-7H2,1-5H3,(H,13,15,17). The van der Waals surface area contributed by atoms with E-state index < -0.39 is 5.41 Å². The van der Waals surface area contributed by atoms with Crippen molar-refractivity contribution in [3.63, 3.8) is 0 Å². The van der Waals surface area contributed by atoms with Crippen LogP contribution in [-0.4, -0.2) is 41.2 Å². The van der Waals surface area contributed by atoms with Crippen LogP contribution in [0.4, 0.5) is 0 Å². The molecule has 0 spiro atoms. The van der Waals surface area contributed by atoms with Gasteiger partial charge in [-0.25, -0.2) is 0 Å². The van der Waals surface area contributed by atoms with Crippen molar-refractivity contribution in [2.24, 2.45) is 5.41 Å². The summed E-state index contributed by atoms with van der Waals surface area (Å²) in [5, 5.41) is 3.30. The highest BCUT2D eigenvalue weighted by atomic mass is 32.1. The molecule has 0 saturated carbocycles. The summed E-state index contributed by atoms with van der Waals surface area (Å²) in [7, 11) is 0. The SMILES string of the molecule is CC1CN(C(=S)NC(=O)C(C)(C)C)CC(C)O1. The van der Waals surface area contributed by atoms with Gasteiger partial charge in [0.05, 0.1) is 12.2 Å². The highest BCUT2D eigenvalue weighted by Gasteiger charge is 2.27. The molecule has 0 bridgehead atoms. The number of carbonyl (C=O) groups is 1. The van der Waals surface area contributed by atoms with Gasteiger partial charge in [0.2, 0.25) is 5.91 Å². The molecule has 4 nitrogen and oxygen atoms in total. The second-order valence-electron chi connectivity index (χ2n) is 5.67. The molecule has 0 aromatic carbocycles. The van der Waals surface area contributed by atoms with E-state index in [-0.39, 0.29) is 18.1 Å². The summed E-state index contributed by atoms with van der Waals surface area (Å²) in [6.45, 7) is 11.1. The number of ether oxygens (including phenoxy) is 1. The average Bonchev–Trinajstić information content (AvgIpc) is 2.14. The summed E-state index contributed by atoms with van der Waals surface area (Å²) in [5.74, 6) is -0.0469. The fraction of sp³-hybridized carbons (Fsp3) is 0.833. The van der Waals surface area contributed by atoms with Gasteiger partial charge >= 0.3 is 0 Å². The van der Waals surface area contributed by atoms with E-state index in [0.29, 0.717) is 5.11 Å². The Balaban J connectivity index is 2.56. The van der Waals surface area contributed by atoms with Gasteiger partial charge in [-0.15, -0.1) is 0 Å². The van der Waals surface area contributed by atoms with Crippen LogP contribution in [0, 0.1) is 5.41 Å². The van der Waals surface area contributed by atoms with Crippen molar-refractivity contribution in [3.05, 3.63) is 0 Å². The number of hydrogen-bond acceptors (Lipinski definition) is 3. The van der Waals surface area contributed by atoms with E-state index >= 15 is 0 Å². The highest BCUT2D eigenvalue weighted by molar-refractivity contribution is 7.80. The van der Waals surface area contributed by atoms with Gasteiger partial charge in [0.15, 0.2) is 5.11 Å². The van der Waals surface area contributed by atoms with Crippen LogP contribution in [0.5, 0.6) is 0 Å². The number of thiocarbonyl (C=S) groups is 1. The van der Waals surface area contributed by atoms with E-state index in [1.807, 2.05) is 39.5 Å². The molecule has 17 heavy (non-hydrogen) atoms. The molecule has 2 unspecified atom stereocenters. The van der Waals surface area contributed by atoms with Crippen LogP contribution in [0.15, 0.2) is 0 Å². The predicted molar refractivity (Wildman–Crippen MR) is 71.8 cm³/mol. The van der Waals surface area contributed by atoms with Crippen LogP contribution in [0.1, 0.15) is 34.6 Å². The van der Waals surface area contributed by atoms with Gasteiger partial charge in [-0.05, 0) is 26.1 Å². The smallest absolute Gasteiger partial charge is 0.231 e. The number of rotatable bonds is 0. The van der Waals surface area contributed by atoms with E-state index in [0.717, 1.165) is 13.1 Å². The van der Waals surface area contributed by atoms with Crippen molar-refractivity contribution >= 4 is 23.2 Å². The van der Waals surface area contributed by atoms with Crippen molar-refractivity contribution in [2.75, 3.05) is 13.1 Å². The molecular weight excluding hydrogens is 236 g/mol. The Bertz CT molecular complexity index is 302. The molecule has 0 aromatic heterocycles. The fourth-order valence-electron chi connectivity index (χ4n) is 1.71. The van der Waals surface area contributed by atoms with Crippen LogP contribution in [0.25, 0.3) is 0 Å². The topological polar surface area (TPSA) is 41.6 Å². The quantitative estimate of drug-likeness (QED) is 0.669. The van der Waals surface area contributed by atoms with E-state index in [2.05, 4.69) is 5.32 Å². The molecule has 1 saturated heterocycles. The molecule has 1 rings (SSSR count). The maximum absolute atomic E-state index is 11.8. The Kier molecular flexibility index (Phi) is 4.49. The first-order valence-corrected chi connectivity index (χ1v) is 6.37.